The molecule has 0 aromatic heterocycles. The third-order valence-electron chi connectivity index (χ3n) is 5.61. The smallest absolute Gasteiger partial charge is 0.254 e. The van der Waals surface area contributed by atoms with Crippen LogP contribution in [-0.2, 0) is 23.1 Å². The molecule has 1 amide bonds. The first-order valence-corrected chi connectivity index (χ1v) is 12.1. The summed E-state index contributed by atoms with van der Waals surface area (Å²) in [6.07, 6.45) is 1.76. The fourth-order valence-electron chi connectivity index (χ4n) is 4.08. The second-order valence-corrected chi connectivity index (χ2v) is 10.4. The third kappa shape index (κ3) is 4.84. The van der Waals surface area contributed by atoms with E-state index in [1.54, 1.807) is 6.07 Å². The predicted molar refractivity (Wildman–Crippen MR) is 122 cm³/mol. The van der Waals surface area contributed by atoms with Gasteiger partial charge in [0.15, 0.2) is 0 Å². The summed E-state index contributed by atoms with van der Waals surface area (Å²) >= 11 is 9.54. The van der Waals surface area contributed by atoms with E-state index >= 15 is 0 Å². The lowest BCUT2D eigenvalue weighted by Crippen LogP contribution is -2.44. The van der Waals surface area contributed by atoms with Crippen molar-refractivity contribution in [2.45, 2.75) is 36.9 Å². The van der Waals surface area contributed by atoms with Crippen molar-refractivity contribution in [1.29, 1.82) is 0 Å². The number of benzene rings is 2. The van der Waals surface area contributed by atoms with Gasteiger partial charge in [-0.15, -0.1) is 12.4 Å². The second-order valence-electron chi connectivity index (χ2n) is 7.55. The van der Waals surface area contributed by atoms with Crippen LogP contribution in [0.3, 0.4) is 0 Å². The zero-order chi connectivity index (χ0) is 20.8. The van der Waals surface area contributed by atoms with E-state index in [4.69, 9.17) is 16.7 Å². The molecule has 4 rings (SSSR count). The SMILES string of the molecule is Cl.NS(=O)(=O)c1cc2c(cc1Cl)CN(C1CCN(Cc3ccc(Br)cc3)CC1)C2=O. The summed E-state index contributed by atoms with van der Waals surface area (Å²) in [5.41, 5.74) is 2.40. The quantitative estimate of drug-likeness (QED) is 0.646. The van der Waals surface area contributed by atoms with Gasteiger partial charge in [-0.25, -0.2) is 13.6 Å². The molecule has 6 nitrogen and oxygen atoms in total. The number of rotatable bonds is 4. The number of hydrogen-bond acceptors (Lipinski definition) is 4. The van der Waals surface area contributed by atoms with E-state index in [1.165, 1.54) is 11.6 Å². The number of halogens is 3. The van der Waals surface area contributed by atoms with Gasteiger partial charge in [-0.3, -0.25) is 9.69 Å². The van der Waals surface area contributed by atoms with Crippen molar-refractivity contribution in [2.75, 3.05) is 13.1 Å². The van der Waals surface area contributed by atoms with E-state index in [0.717, 1.165) is 42.5 Å². The minimum atomic E-state index is -3.97. The molecule has 2 heterocycles. The molecule has 0 unspecified atom stereocenters. The Hall–Kier alpha value is -1.16. The molecule has 0 spiro atoms. The first-order valence-electron chi connectivity index (χ1n) is 9.35. The van der Waals surface area contributed by atoms with E-state index in [0.29, 0.717) is 12.1 Å². The van der Waals surface area contributed by atoms with Gasteiger partial charge in [0.25, 0.3) is 5.91 Å². The van der Waals surface area contributed by atoms with Crippen LogP contribution in [0, 0.1) is 0 Å². The van der Waals surface area contributed by atoms with Crippen LogP contribution in [-0.4, -0.2) is 43.3 Å². The van der Waals surface area contributed by atoms with Crippen molar-refractivity contribution in [3.8, 4) is 0 Å². The first kappa shape index (κ1) is 23.5. The molecule has 1 fully saturated rings. The Morgan fingerprint density at radius 2 is 1.77 bits per heavy atom. The normalized spacial score (nSPS) is 17.7. The van der Waals surface area contributed by atoms with Crippen LogP contribution in [0.15, 0.2) is 45.8 Å². The Labute approximate surface area is 196 Å². The number of amides is 1. The van der Waals surface area contributed by atoms with Gasteiger partial charge in [0.2, 0.25) is 10.0 Å². The summed E-state index contributed by atoms with van der Waals surface area (Å²) in [4.78, 5) is 17.0. The summed E-state index contributed by atoms with van der Waals surface area (Å²) < 4.78 is 24.5. The summed E-state index contributed by atoms with van der Waals surface area (Å²) in [5.74, 6) is -0.145. The Morgan fingerprint density at radius 3 is 2.37 bits per heavy atom. The molecule has 0 aliphatic carbocycles. The number of primary sulfonamides is 1. The number of nitrogens with two attached hydrogens (primary N) is 1. The number of carbonyl (C=O) groups excluding carboxylic acids is 1. The molecule has 2 aliphatic rings. The fourth-order valence-corrected chi connectivity index (χ4v) is 5.47. The van der Waals surface area contributed by atoms with Crippen molar-refractivity contribution in [1.82, 2.24) is 9.80 Å². The molecule has 2 N–H and O–H groups in total. The monoisotopic (exact) mass is 533 g/mol. The van der Waals surface area contributed by atoms with Crippen molar-refractivity contribution in [3.05, 3.63) is 62.6 Å². The number of fused-ring (bicyclic) bond motifs is 1. The van der Waals surface area contributed by atoms with Crippen molar-refractivity contribution >= 4 is 55.9 Å². The molecule has 0 atom stereocenters. The van der Waals surface area contributed by atoms with Crippen LogP contribution in [0.4, 0.5) is 0 Å². The minimum absolute atomic E-state index is 0. The van der Waals surface area contributed by atoms with Gasteiger partial charge in [0, 0.05) is 42.3 Å². The number of piperidine rings is 1. The second kappa shape index (κ2) is 9.14. The molecule has 10 heteroatoms. The molecule has 0 saturated carbocycles. The fraction of sp³-hybridized carbons (Fsp3) is 0.350. The maximum Gasteiger partial charge on any atom is 0.254 e. The van der Waals surface area contributed by atoms with Gasteiger partial charge in [0.1, 0.15) is 4.90 Å². The summed E-state index contributed by atoms with van der Waals surface area (Å²) in [5, 5.41) is 5.28. The highest BCUT2D eigenvalue weighted by molar-refractivity contribution is 9.10. The van der Waals surface area contributed by atoms with Gasteiger partial charge >= 0.3 is 0 Å². The maximum atomic E-state index is 12.9. The van der Waals surface area contributed by atoms with Crippen LogP contribution in [0.1, 0.15) is 34.3 Å². The van der Waals surface area contributed by atoms with Crippen LogP contribution >= 0.6 is 39.9 Å². The molecular formula is C20H22BrCl2N3O3S. The van der Waals surface area contributed by atoms with Crippen LogP contribution < -0.4 is 5.14 Å². The number of sulfonamides is 1. The lowest BCUT2D eigenvalue weighted by molar-refractivity contribution is 0.0590. The van der Waals surface area contributed by atoms with Gasteiger partial charge in [-0.05, 0) is 48.2 Å². The summed E-state index contributed by atoms with van der Waals surface area (Å²) in [6, 6.07) is 11.3. The lowest BCUT2D eigenvalue weighted by atomic mass is 10.0. The zero-order valence-corrected chi connectivity index (χ0v) is 20.0. The lowest BCUT2D eigenvalue weighted by Gasteiger charge is -2.36. The molecular weight excluding hydrogens is 513 g/mol. The number of hydrogen-bond donors (Lipinski definition) is 1. The Morgan fingerprint density at radius 1 is 1.13 bits per heavy atom. The molecule has 0 radical (unpaired) electrons. The van der Waals surface area contributed by atoms with Gasteiger partial charge in [0.05, 0.1) is 5.02 Å². The van der Waals surface area contributed by atoms with Crippen LogP contribution in [0.2, 0.25) is 5.02 Å². The summed E-state index contributed by atoms with van der Waals surface area (Å²) in [6.45, 7) is 3.16. The van der Waals surface area contributed by atoms with Gasteiger partial charge in [-0.2, -0.15) is 0 Å². The Kier molecular flexibility index (Phi) is 7.16. The predicted octanol–water partition coefficient (Wildman–Crippen LogP) is 3.79. The van der Waals surface area contributed by atoms with E-state index in [9.17, 15) is 13.2 Å². The van der Waals surface area contributed by atoms with Crippen molar-refractivity contribution in [3.63, 3.8) is 0 Å². The average Bonchev–Trinajstić information content (AvgIpc) is 2.98. The number of carbonyl (C=O) groups is 1. The standard InChI is InChI=1S/C20H21BrClN3O3S.ClH/c21-15-3-1-13(2-4-15)11-24-7-5-16(6-8-24)25-12-14-9-18(22)19(29(23,27)28)10-17(14)20(25)26;/h1-4,9-10,16H,5-8,11-12H2,(H2,23,27,28);1H. The number of nitrogens with zero attached hydrogens (tertiary/aromatic N) is 2. The highest BCUT2D eigenvalue weighted by Gasteiger charge is 2.35. The molecule has 30 heavy (non-hydrogen) atoms. The van der Waals surface area contributed by atoms with E-state index in [-0.39, 0.29) is 34.3 Å². The molecule has 2 aromatic rings. The average molecular weight is 535 g/mol. The highest BCUT2D eigenvalue weighted by atomic mass is 79.9. The van der Waals surface area contributed by atoms with E-state index in [2.05, 4.69) is 33.0 Å². The largest absolute Gasteiger partial charge is 0.331 e. The summed E-state index contributed by atoms with van der Waals surface area (Å²) in [7, 11) is -3.97. The highest BCUT2D eigenvalue weighted by Crippen LogP contribution is 2.33. The molecule has 0 bridgehead atoms. The topological polar surface area (TPSA) is 83.7 Å². The minimum Gasteiger partial charge on any atom is -0.331 e. The van der Waals surface area contributed by atoms with Crippen molar-refractivity contribution in [2.24, 2.45) is 5.14 Å². The molecule has 1 saturated heterocycles. The van der Waals surface area contributed by atoms with E-state index in [1.807, 2.05) is 17.0 Å². The molecule has 2 aromatic carbocycles. The Balaban J connectivity index is 0.00000256. The van der Waals surface area contributed by atoms with Crippen LogP contribution in [0.5, 0.6) is 0 Å². The number of likely N-dealkylation sites (tertiary alicyclic amines) is 1. The van der Waals surface area contributed by atoms with E-state index < -0.39 is 10.0 Å². The van der Waals surface area contributed by atoms with Gasteiger partial charge < -0.3 is 4.90 Å². The van der Waals surface area contributed by atoms with Crippen molar-refractivity contribution < 1.29 is 13.2 Å². The molecule has 162 valence electrons. The maximum absolute atomic E-state index is 12.9. The van der Waals surface area contributed by atoms with Gasteiger partial charge in [-0.1, -0.05) is 39.7 Å². The van der Waals surface area contributed by atoms with Crippen LogP contribution in [0.25, 0.3) is 0 Å². The molecule has 2 aliphatic heterocycles. The zero-order valence-electron chi connectivity index (χ0n) is 16.1. The first-order chi connectivity index (χ1) is 13.7. The third-order valence-corrected chi connectivity index (χ3v) is 7.52. The Bertz CT molecular complexity index is 1060.